The first-order valence-electron chi connectivity index (χ1n) is 6.21. The van der Waals surface area contributed by atoms with E-state index in [1.807, 2.05) is 45.0 Å². The van der Waals surface area contributed by atoms with Gasteiger partial charge in [0.25, 0.3) is 0 Å². The first-order chi connectivity index (χ1) is 8.59. The molecule has 18 heavy (non-hydrogen) atoms. The molecule has 0 saturated carbocycles. The molecule has 1 aromatic heterocycles. The van der Waals surface area contributed by atoms with Crippen LogP contribution in [0.2, 0.25) is 0 Å². The van der Waals surface area contributed by atoms with E-state index in [9.17, 15) is 5.11 Å². The Labute approximate surface area is 107 Å². The van der Waals surface area contributed by atoms with Crippen molar-refractivity contribution in [1.82, 2.24) is 10.2 Å². The quantitative estimate of drug-likeness (QED) is 0.869. The molecule has 0 spiro atoms. The smallest absolute Gasteiger partial charge is 0.157 e. The Kier molecular flexibility index (Phi) is 3.48. The number of anilines is 1. The molecule has 4 heteroatoms. The summed E-state index contributed by atoms with van der Waals surface area (Å²) in [6, 6.07) is 8.03. The minimum absolute atomic E-state index is 0.0629. The Balaban J connectivity index is 2.49. The van der Waals surface area contributed by atoms with E-state index in [1.54, 1.807) is 0 Å². The van der Waals surface area contributed by atoms with Crippen molar-refractivity contribution in [2.75, 3.05) is 11.9 Å². The van der Waals surface area contributed by atoms with Crippen LogP contribution in [0.15, 0.2) is 24.3 Å². The molecule has 0 aliphatic carbocycles. The third-order valence-corrected chi connectivity index (χ3v) is 3.42. The average molecular weight is 245 g/mol. The van der Waals surface area contributed by atoms with Crippen LogP contribution in [0.3, 0.4) is 0 Å². The van der Waals surface area contributed by atoms with E-state index >= 15 is 0 Å². The number of nitrogens with zero attached hydrogens (tertiary/aromatic N) is 2. The summed E-state index contributed by atoms with van der Waals surface area (Å²) in [5, 5.41) is 23.3. The average Bonchev–Trinajstić information content (AvgIpc) is 2.42. The van der Waals surface area contributed by atoms with Crippen LogP contribution < -0.4 is 5.32 Å². The lowest BCUT2D eigenvalue weighted by Gasteiger charge is -2.28. The number of hydrogen-bond acceptors (Lipinski definition) is 4. The van der Waals surface area contributed by atoms with Gasteiger partial charge in [0.05, 0.1) is 17.8 Å². The van der Waals surface area contributed by atoms with Gasteiger partial charge in [0.15, 0.2) is 5.82 Å². The molecule has 0 saturated heterocycles. The molecule has 0 bridgehead atoms. The first-order valence-corrected chi connectivity index (χ1v) is 6.21. The number of aliphatic hydroxyl groups excluding tert-OH is 1. The van der Waals surface area contributed by atoms with Gasteiger partial charge in [-0.15, -0.1) is 5.10 Å². The highest BCUT2D eigenvalue weighted by Gasteiger charge is 2.22. The Bertz CT molecular complexity index is 550. The number of fused-ring (bicyclic) bond motifs is 1. The standard InChI is InChI=1S/C14H19N3O/c1-4-14(3,9-18)15-13-12-8-6-5-7-11(12)10(2)16-17-13/h5-8,18H,4,9H2,1-3H3,(H,15,17). The van der Waals surface area contributed by atoms with Crippen LogP contribution in [0.1, 0.15) is 26.0 Å². The van der Waals surface area contributed by atoms with E-state index in [0.29, 0.717) is 0 Å². The molecule has 0 amide bonds. The van der Waals surface area contributed by atoms with E-state index in [4.69, 9.17) is 0 Å². The van der Waals surface area contributed by atoms with Crippen molar-refractivity contribution in [3.8, 4) is 0 Å². The van der Waals surface area contributed by atoms with Crippen LogP contribution in [-0.4, -0.2) is 27.4 Å². The fourth-order valence-electron chi connectivity index (χ4n) is 1.86. The lowest BCUT2D eigenvalue weighted by atomic mass is 10.00. The molecule has 1 heterocycles. The van der Waals surface area contributed by atoms with Gasteiger partial charge in [-0.3, -0.25) is 0 Å². The molecule has 0 aliphatic rings. The molecule has 4 nitrogen and oxygen atoms in total. The number of nitrogens with one attached hydrogen (secondary N) is 1. The predicted molar refractivity (Wildman–Crippen MR) is 73.7 cm³/mol. The maximum Gasteiger partial charge on any atom is 0.157 e. The predicted octanol–water partition coefficient (Wildman–Crippen LogP) is 2.51. The number of aliphatic hydroxyl groups is 1. The molecule has 1 atom stereocenters. The van der Waals surface area contributed by atoms with Gasteiger partial charge in [-0.05, 0) is 20.3 Å². The number of hydrogen-bond donors (Lipinski definition) is 2. The van der Waals surface area contributed by atoms with Crippen molar-refractivity contribution in [3.63, 3.8) is 0 Å². The second kappa shape index (κ2) is 4.90. The molecule has 2 aromatic rings. The normalized spacial score (nSPS) is 14.4. The molecular formula is C14H19N3O. The van der Waals surface area contributed by atoms with E-state index in [-0.39, 0.29) is 12.1 Å². The van der Waals surface area contributed by atoms with Gasteiger partial charge in [0.1, 0.15) is 0 Å². The van der Waals surface area contributed by atoms with Gasteiger partial charge in [-0.2, -0.15) is 5.10 Å². The van der Waals surface area contributed by atoms with Crippen molar-refractivity contribution in [2.45, 2.75) is 32.7 Å². The SMILES string of the molecule is CCC(C)(CO)Nc1nnc(C)c2ccccc12. The van der Waals surface area contributed by atoms with Crippen LogP contribution in [0.4, 0.5) is 5.82 Å². The summed E-state index contributed by atoms with van der Waals surface area (Å²) in [6.07, 6.45) is 0.813. The monoisotopic (exact) mass is 245 g/mol. The molecule has 0 aliphatic heterocycles. The summed E-state index contributed by atoms with van der Waals surface area (Å²) in [6.45, 7) is 6.02. The summed E-state index contributed by atoms with van der Waals surface area (Å²) in [5.74, 6) is 0.731. The molecule has 1 unspecified atom stereocenters. The largest absolute Gasteiger partial charge is 0.394 e. The molecule has 2 rings (SSSR count). The Morgan fingerprint density at radius 1 is 1.22 bits per heavy atom. The third-order valence-electron chi connectivity index (χ3n) is 3.42. The maximum absolute atomic E-state index is 9.46. The van der Waals surface area contributed by atoms with Crippen molar-refractivity contribution >= 4 is 16.6 Å². The fourth-order valence-corrected chi connectivity index (χ4v) is 1.86. The van der Waals surface area contributed by atoms with Crippen molar-refractivity contribution in [2.24, 2.45) is 0 Å². The highest BCUT2D eigenvalue weighted by atomic mass is 16.3. The second-order valence-corrected chi connectivity index (χ2v) is 4.88. The molecule has 1 aromatic carbocycles. The highest BCUT2D eigenvalue weighted by molar-refractivity contribution is 5.93. The van der Waals surface area contributed by atoms with E-state index in [0.717, 1.165) is 28.7 Å². The molecular weight excluding hydrogens is 226 g/mol. The van der Waals surface area contributed by atoms with Crippen LogP contribution >= 0.6 is 0 Å². The highest BCUT2D eigenvalue weighted by Crippen LogP contribution is 2.25. The summed E-state index contributed by atoms with van der Waals surface area (Å²) < 4.78 is 0. The first kappa shape index (κ1) is 12.8. The summed E-state index contributed by atoms with van der Waals surface area (Å²) in [5.41, 5.74) is 0.547. The number of aryl methyl sites for hydroxylation is 1. The summed E-state index contributed by atoms with van der Waals surface area (Å²) >= 11 is 0. The maximum atomic E-state index is 9.46. The lowest BCUT2D eigenvalue weighted by molar-refractivity contribution is 0.218. The van der Waals surface area contributed by atoms with E-state index in [1.165, 1.54) is 0 Å². The Hall–Kier alpha value is -1.68. The van der Waals surface area contributed by atoms with Gasteiger partial charge >= 0.3 is 0 Å². The van der Waals surface area contributed by atoms with E-state index < -0.39 is 0 Å². The van der Waals surface area contributed by atoms with Gasteiger partial charge < -0.3 is 10.4 Å². The Morgan fingerprint density at radius 3 is 2.50 bits per heavy atom. The van der Waals surface area contributed by atoms with Crippen LogP contribution in [0.5, 0.6) is 0 Å². The van der Waals surface area contributed by atoms with Crippen molar-refractivity contribution in [3.05, 3.63) is 30.0 Å². The number of rotatable bonds is 4. The van der Waals surface area contributed by atoms with Crippen molar-refractivity contribution < 1.29 is 5.11 Å². The zero-order valence-corrected chi connectivity index (χ0v) is 11.1. The zero-order chi connectivity index (χ0) is 13.2. The van der Waals surface area contributed by atoms with Crippen LogP contribution in [-0.2, 0) is 0 Å². The van der Waals surface area contributed by atoms with Crippen molar-refractivity contribution in [1.29, 1.82) is 0 Å². The van der Waals surface area contributed by atoms with E-state index in [2.05, 4.69) is 15.5 Å². The summed E-state index contributed by atoms with van der Waals surface area (Å²) in [7, 11) is 0. The Morgan fingerprint density at radius 2 is 1.89 bits per heavy atom. The van der Waals surface area contributed by atoms with Gasteiger partial charge in [0.2, 0.25) is 0 Å². The molecule has 96 valence electrons. The van der Waals surface area contributed by atoms with Gasteiger partial charge in [0, 0.05) is 10.8 Å². The van der Waals surface area contributed by atoms with Gasteiger partial charge in [-0.25, -0.2) is 0 Å². The third kappa shape index (κ3) is 2.29. The number of aromatic nitrogens is 2. The molecule has 0 radical (unpaired) electrons. The summed E-state index contributed by atoms with van der Waals surface area (Å²) in [4.78, 5) is 0. The van der Waals surface area contributed by atoms with Crippen LogP contribution in [0.25, 0.3) is 10.8 Å². The topological polar surface area (TPSA) is 58.0 Å². The van der Waals surface area contributed by atoms with Crippen LogP contribution in [0, 0.1) is 6.92 Å². The zero-order valence-electron chi connectivity index (χ0n) is 11.1. The molecule has 0 fully saturated rings. The molecule has 2 N–H and O–H groups in total. The fraction of sp³-hybridized carbons (Fsp3) is 0.429. The minimum atomic E-state index is -0.368. The lowest BCUT2D eigenvalue weighted by Crippen LogP contribution is -2.38. The minimum Gasteiger partial charge on any atom is -0.394 e. The number of benzene rings is 1. The second-order valence-electron chi connectivity index (χ2n) is 4.88. The van der Waals surface area contributed by atoms with Gasteiger partial charge in [-0.1, -0.05) is 31.2 Å².